The minimum atomic E-state index is 0.0447. The molecule has 0 bridgehead atoms. The van der Waals surface area contributed by atoms with E-state index in [-0.39, 0.29) is 5.92 Å². The second kappa shape index (κ2) is 7.40. The van der Waals surface area contributed by atoms with E-state index >= 15 is 0 Å². The molecule has 1 amide bonds. The van der Waals surface area contributed by atoms with Crippen LogP contribution in [0.25, 0.3) is 0 Å². The van der Waals surface area contributed by atoms with Gasteiger partial charge < -0.3 is 14.5 Å². The number of benzene rings is 2. The molecule has 1 atom stereocenters. The first-order valence-electron chi connectivity index (χ1n) is 9.52. The molecule has 1 heterocycles. The van der Waals surface area contributed by atoms with Crippen molar-refractivity contribution >= 4 is 11.6 Å². The van der Waals surface area contributed by atoms with E-state index in [1.54, 1.807) is 7.11 Å². The van der Waals surface area contributed by atoms with Crippen LogP contribution in [0.2, 0.25) is 0 Å². The monoisotopic (exact) mass is 350 g/mol. The Morgan fingerprint density at radius 2 is 1.85 bits per heavy atom. The number of fused-ring (bicyclic) bond motifs is 1. The molecular formula is C22H26N2O2. The summed E-state index contributed by atoms with van der Waals surface area (Å²) in [4.78, 5) is 17.5. The van der Waals surface area contributed by atoms with Crippen LogP contribution >= 0.6 is 0 Å². The predicted molar refractivity (Wildman–Crippen MR) is 104 cm³/mol. The second-order valence-corrected chi connectivity index (χ2v) is 7.16. The van der Waals surface area contributed by atoms with Gasteiger partial charge in [-0.1, -0.05) is 30.3 Å². The zero-order chi connectivity index (χ0) is 17.9. The largest absolute Gasteiger partial charge is 0.497 e. The number of ether oxygens (including phenoxy) is 1. The molecule has 26 heavy (non-hydrogen) atoms. The highest BCUT2D eigenvalue weighted by molar-refractivity contribution is 5.84. The van der Waals surface area contributed by atoms with Crippen LogP contribution in [0.4, 0.5) is 5.69 Å². The van der Waals surface area contributed by atoms with Crippen molar-refractivity contribution in [3.05, 3.63) is 59.7 Å². The fourth-order valence-corrected chi connectivity index (χ4v) is 4.22. The molecule has 4 rings (SSSR count). The lowest BCUT2D eigenvalue weighted by atomic mass is 9.82. The number of hydrogen-bond acceptors (Lipinski definition) is 3. The summed E-state index contributed by atoms with van der Waals surface area (Å²) in [5.74, 6) is 1.23. The van der Waals surface area contributed by atoms with E-state index in [0.29, 0.717) is 5.91 Å². The van der Waals surface area contributed by atoms with Gasteiger partial charge in [0.25, 0.3) is 0 Å². The molecule has 4 heteroatoms. The molecule has 2 aliphatic rings. The van der Waals surface area contributed by atoms with Gasteiger partial charge in [0.15, 0.2) is 0 Å². The fourth-order valence-electron chi connectivity index (χ4n) is 4.22. The molecule has 0 N–H and O–H groups in total. The average Bonchev–Trinajstić information content (AvgIpc) is 2.73. The highest BCUT2D eigenvalue weighted by Crippen LogP contribution is 2.33. The number of aryl methyl sites for hydroxylation is 1. The summed E-state index contributed by atoms with van der Waals surface area (Å²) in [6, 6.07) is 16.6. The van der Waals surface area contributed by atoms with Gasteiger partial charge in [-0.3, -0.25) is 4.79 Å². The van der Waals surface area contributed by atoms with Gasteiger partial charge in [0.1, 0.15) is 5.75 Å². The highest BCUT2D eigenvalue weighted by Gasteiger charge is 2.31. The van der Waals surface area contributed by atoms with E-state index in [1.807, 2.05) is 12.1 Å². The Kier molecular flexibility index (Phi) is 4.83. The van der Waals surface area contributed by atoms with Crippen molar-refractivity contribution in [1.82, 2.24) is 4.90 Å². The van der Waals surface area contributed by atoms with Gasteiger partial charge in [-0.2, -0.15) is 0 Å². The Morgan fingerprint density at radius 3 is 2.65 bits per heavy atom. The van der Waals surface area contributed by atoms with Crippen LogP contribution in [0.1, 0.15) is 29.9 Å². The zero-order valence-corrected chi connectivity index (χ0v) is 15.4. The molecule has 0 spiro atoms. The number of piperazine rings is 1. The molecule has 0 saturated carbocycles. The molecule has 1 fully saturated rings. The summed E-state index contributed by atoms with van der Waals surface area (Å²) in [7, 11) is 1.69. The number of methoxy groups -OCH3 is 1. The Hall–Kier alpha value is -2.49. The summed E-state index contributed by atoms with van der Waals surface area (Å²) in [6.45, 7) is 3.31. The van der Waals surface area contributed by atoms with Gasteiger partial charge in [-0.05, 0) is 42.5 Å². The van der Waals surface area contributed by atoms with Crippen molar-refractivity contribution in [3.63, 3.8) is 0 Å². The van der Waals surface area contributed by atoms with E-state index in [9.17, 15) is 4.79 Å². The maximum Gasteiger partial charge on any atom is 0.230 e. The van der Waals surface area contributed by atoms with Crippen molar-refractivity contribution < 1.29 is 9.53 Å². The normalized spacial score (nSPS) is 19.8. The molecule has 4 nitrogen and oxygen atoms in total. The molecule has 1 aliphatic carbocycles. The quantitative estimate of drug-likeness (QED) is 0.850. The van der Waals surface area contributed by atoms with Crippen molar-refractivity contribution in [3.8, 4) is 5.75 Å². The maximum atomic E-state index is 13.1. The smallest absolute Gasteiger partial charge is 0.230 e. The lowest BCUT2D eigenvalue weighted by molar-refractivity contribution is -0.133. The van der Waals surface area contributed by atoms with E-state index in [2.05, 4.69) is 46.2 Å². The van der Waals surface area contributed by atoms with Gasteiger partial charge in [-0.15, -0.1) is 0 Å². The van der Waals surface area contributed by atoms with Crippen LogP contribution in [0.3, 0.4) is 0 Å². The maximum absolute atomic E-state index is 13.1. The SMILES string of the molecule is COc1cccc(N2CCN(C(=O)C3CCCc4ccccc43)CC2)c1. The van der Waals surface area contributed by atoms with Gasteiger partial charge in [0, 0.05) is 37.9 Å². The number of hydrogen-bond donors (Lipinski definition) is 0. The molecule has 1 unspecified atom stereocenters. The Morgan fingerprint density at radius 1 is 1.04 bits per heavy atom. The summed E-state index contributed by atoms with van der Waals surface area (Å²) < 4.78 is 5.33. The van der Waals surface area contributed by atoms with Gasteiger partial charge in [-0.25, -0.2) is 0 Å². The Bertz CT molecular complexity index is 781. The number of nitrogens with zero attached hydrogens (tertiary/aromatic N) is 2. The van der Waals surface area contributed by atoms with E-state index in [4.69, 9.17) is 4.74 Å². The van der Waals surface area contributed by atoms with Crippen LogP contribution < -0.4 is 9.64 Å². The van der Waals surface area contributed by atoms with Crippen molar-refractivity contribution in [1.29, 1.82) is 0 Å². The standard InChI is InChI=1S/C22H26N2O2/c1-26-19-9-5-8-18(16-19)23-12-14-24(15-13-23)22(25)21-11-4-7-17-6-2-3-10-20(17)21/h2-3,5-6,8-10,16,21H,4,7,11-15H2,1H3. The Labute approximate surface area is 155 Å². The van der Waals surface area contributed by atoms with Crippen LogP contribution in [-0.2, 0) is 11.2 Å². The summed E-state index contributed by atoms with van der Waals surface area (Å²) in [5, 5.41) is 0. The number of amides is 1. The first kappa shape index (κ1) is 17.0. The molecule has 2 aromatic rings. The van der Waals surface area contributed by atoms with E-state index < -0.39 is 0 Å². The van der Waals surface area contributed by atoms with Crippen LogP contribution in [0.15, 0.2) is 48.5 Å². The molecule has 1 saturated heterocycles. The number of carbonyl (C=O) groups excluding carboxylic acids is 1. The minimum absolute atomic E-state index is 0.0447. The van der Waals surface area contributed by atoms with Crippen molar-refractivity contribution in [2.45, 2.75) is 25.2 Å². The van der Waals surface area contributed by atoms with Crippen molar-refractivity contribution in [2.24, 2.45) is 0 Å². The summed E-state index contributed by atoms with van der Waals surface area (Å²) in [5.41, 5.74) is 3.77. The van der Waals surface area contributed by atoms with Gasteiger partial charge in [0.05, 0.1) is 13.0 Å². The lowest BCUT2D eigenvalue weighted by Crippen LogP contribution is -2.50. The predicted octanol–water partition coefficient (Wildman–Crippen LogP) is 3.46. The number of carbonyl (C=O) groups is 1. The minimum Gasteiger partial charge on any atom is -0.497 e. The summed E-state index contributed by atoms with van der Waals surface area (Å²) >= 11 is 0. The van der Waals surface area contributed by atoms with Crippen LogP contribution in [0, 0.1) is 0 Å². The number of rotatable bonds is 3. The highest BCUT2D eigenvalue weighted by atomic mass is 16.5. The molecule has 1 aliphatic heterocycles. The van der Waals surface area contributed by atoms with E-state index in [0.717, 1.165) is 51.2 Å². The molecular weight excluding hydrogens is 324 g/mol. The van der Waals surface area contributed by atoms with Gasteiger partial charge in [0.2, 0.25) is 5.91 Å². The third-order valence-corrected chi connectivity index (χ3v) is 5.68. The topological polar surface area (TPSA) is 32.8 Å². The first-order valence-corrected chi connectivity index (χ1v) is 9.52. The van der Waals surface area contributed by atoms with Crippen LogP contribution in [0.5, 0.6) is 5.75 Å². The number of anilines is 1. The van der Waals surface area contributed by atoms with Gasteiger partial charge >= 0.3 is 0 Å². The van der Waals surface area contributed by atoms with E-state index in [1.165, 1.54) is 16.8 Å². The van der Waals surface area contributed by atoms with Crippen LogP contribution in [-0.4, -0.2) is 44.1 Å². The lowest BCUT2D eigenvalue weighted by Gasteiger charge is -2.38. The molecule has 136 valence electrons. The fraction of sp³-hybridized carbons (Fsp3) is 0.409. The summed E-state index contributed by atoms with van der Waals surface area (Å²) in [6.07, 6.45) is 3.19. The molecule has 2 aromatic carbocycles. The average molecular weight is 350 g/mol. The molecule has 0 aromatic heterocycles. The Balaban J connectivity index is 1.43. The second-order valence-electron chi connectivity index (χ2n) is 7.16. The third-order valence-electron chi connectivity index (χ3n) is 5.68. The molecule has 0 radical (unpaired) electrons. The third kappa shape index (κ3) is 3.28. The van der Waals surface area contributed by atoms with Crippen molar-refractivity contribution in [2.75, 3.05) is 38.2 Å². The zero-order valence-electron chi connectivity index (χ0n) is 15.4. The first-order chi connectivity index (χ1) is 12.8.